The van der Waals surface area contributed by atoms with E-state index >= 15 is 0 Å². The number of hydrogen-bond donors (Lipinski definition) is 1. The van der Waals surface area contributed by atoms with E-state index in [4.69, 9.17) is 23.2 Å². The number of sulfonamides is 1. The smallest absolute Gasteiger partial charge is 0.264 e. The quantitative estimate of drug-likeness (QED) is 0.289. The van der Waals surface area contributed by atoms with Gasteiger partial charge in [-0.05, 0) is 87.2 Å². The molecule has 40 heavy (non-hydrogen) atoms. The van der Waals surface area contributed by atoms with Gasteiger partial charge in [0.05, 0.1) is 20.6 Å². The molecule has 0 aliphatic heterocycles. The van der Waals surface area contributed by atoms with Crippen LogP contribution >= 0.6 is 23.2 Å². The zero-order chi connectivity index (χ0) is 29.6. The van der Waals surface area contributed by atoms with Gasteiger partial charge in [0.25, 0.3) is 10.0 Å². The maximum Gasteiger partial charge on any atom is 0.264 e. The van der Waals surface area contributed by atoms with Crippen LogP contribution in [0.2, 0.25) is 10.0 Å². The van der Waals surface area contributed by atoms with Crippen LogP contribution in [0.1, 0.15) is 42.5 Å². The highest BCUT2D eigenvalue weighted by Gasteiger charge is 2.33. The average Bonchev–Trinajstić information content (AvgIpc) is 2.88. The van der Waals surface area contributed by atoms with Crippen LogP contribution in [-0.2, 0) is 26.2 Å². The number of nitrogens with zero attached hydrogens (tertiary/aromatic N) is 2. The molecule has 1 N–H and O–H groups in total. The Morgan fingerprint density at radius 3 is 2.02 bits per heavy atom. The first kappa shape index (κ1) is 31.5. The topological polar surface area (TPSA) is 86.8 Å². The van der Waals surface area contributed by atoms with Gasteiger partial charge in [-0.2, -0.15) is 0 Å². The summed E-state index contributed by atoms with van der Waals surface area (Å²) in [5.74, 6) is -0.850. The molecule has 1 atom stereocenters. The zero-order valence-corrected chi connectivity index (χ0v) is 25.7. The van der Waals surface area contributed by atoms with Gasteiger partial charge in [-0.15, -0.1) is 0 Å². The normalized spacial score (nSPS) is 12.1. The fraction of sp³-hybridized carbons (Fsp3) is 0.333. The highest BCUT2D eigenvalue weighted by atomic mass is 35.5. The summed E-state index contributed by atoms with van der Waals surface area (Å²) in [6.45, 7) is 9.13. The standard InChI is InChI=1S/C30H35Cl2N3O4S/c1-6-28(30(37)33-7-2)34(18-23-10-13-26(31)27(32)17-23)29(36)19-35(24-15-21(4)14-22(5)16-24)40(38,39)25-11-8-20(3)9-12-25/h8-17,28H,6-7,18-19H2,1-5H3,(H,33,37). The third-order valence-electron chi connectivity index (χ3n) is 6.46. The molecule has 0 aliphatic rings. The minimum atomic E-state index is -4.13. The first-order valence-corrected chi connectivity index (χ1v) is 15.3. The van der Waals surface area contributed by atoms with Crippen molar-refractivity contribution in [1.82, 2.24) is 10.2 Å². The third-order valence-corrected chi connectivity index (χ3v) is 8.98. The minimum Gasteiger partial charge on any atom is -0.355 e. The summed E-state index contributed by atoms with van der Waals surface area (Å²) in [5, 5.41) is 3.47. The highest BCUT2D eigenvalue weighted by molar-refractivity contribution is 7.92. The first-order chi connectivity index (χ1) is 18.9. The number of amides is 2. The Morgan fingerprint density at radius 1 is 0.850 bits per heavy atom. The van der Waals surface area contributed by atoms with Crippen molar-refractivity contribution < 1.29 is 18.0 Å². The van der Waals surface area contributed by atoms with E-state index in [1.807, 2.05) is 26.8 Å². The van der Waals surface area contributed by atoms with Gasteiger partial charge < -0.3 is 10.2 Å². The molecule has 7 nitrogen and oxygen atoms in total. The number of aryl methyl sites for hydroxylation is 3. The van der Waals surface area contributed by atoms with E-state index in [0.29, 0.717) is 34.3 Å². The van der Waals surface area contributed by atoms with Crippen LogP contribution in [0.3, 0.4) is 0 Å². The van der Waals surface area contributed by atoms with Crippen molar-refractivity contribution in [2.75, 3.05) is 17.4 Å². The Labute approximate surface area is 247 Å². The van der Waals surface area contributed by atoms with E-state index in [0.717, 1.165) is 21.0 Å². The van der Waals surface area contributed by atoms with Gasteiger partial charge in [-0.25, -0.2) is 8.42 Å². The van der Waals surface area contributed by atoms with E-state index in [1.54, 1.807) is 56.3 Å². The van der Waals surface area contributed by atoms with Gasteiger partial charge in [0.1, 0.15) is 12.6 Å². The molecule has 0 fully saturated rings. The molecule has 214 valence electrons. The van der Waals surface area contributed by atoms with Crippen molar-refractivity contribution in [3.8, 4) is 0 Å². The fourth-order valence-electron chi connectivity index (χ4n) is 4.51. The molecule has 0 saturated heterocycles. The van der Waals surface area contributed by atoms with Gasteiger partial charge in [-0.1, -0.05) is 60.0 Å². The predicted molar refractivity (Wildman–Crippen MR) is 161 cm³/mol. The van der Waals surface area contributed by atoms with Crippen molar-refractivity contribution in [2.24, 2.45) is 0 Å². The van der Waals surface area contributed by atoms with Crippen molar-refractivity contribution in [1.29, 1.82) is 0 Å². The van der Waals surface area contributed by atoms with Gasteiger partial charge in [0.15, 0.2) is 0 Å². The molecule has 0 bridgehead atoms. The van der Waals surface area contributed by atoms with Crippen molar-refractivity contribution in [2.45, 2.75) is 58.5 Å². The maximum atomic E-state index is 14.1. The van der Waals surface area contributed by atoms with Crippen LogP contribution in [0.4, 0.5) is 5.69 Å². The largest absolute Gasteiger partial charge is 0.355 e. The molecule has 0 saturated carbocycles. The lowest BCUT2D eigenvalue weighted by Crippen LogP contribution is -2.52. The second kappa shape index (κ2) is 13.5. The van der Waals surface area contributed by atoms with E-state index in [-0.39, 0.29) is 17.3 Å². The number of likely N-dealkylation sites (N-methyl/N-ethyl adjacent to an activating group) is 1. The lowest BCUT2D eigenvalue weighted by molar-refractivity contribution is -0.140. The van der Waals surface area contributed by atoms with E-state index in [1.165, 1.54) is 17.0 Å². The van der Waals surface area contributed by atoms with Crippen LogP contribution in [0.25, 0.3) is 0 Å². The predicted octanol–water partition coefficient (Wildman–Crippen LogP) is 6.06. The third kappa shape index (κ3) is 7.56. The van der Waals surface area contributed by atoms with Gasteiger partial charge >= 0.3 is 0 Å². The van der Waals surface area contributed by atoms with Crippen LogP contribution in [0.15, 0.2) is 65.6 Å². The maximum absolute atomic E-state index is 14.1. The van der Waals surface area contributed by atoms with Gasteiger partial charge in [0.2, 0.25) is 11.8 Å². The van der Waals surface area contributed by atoms with Gasteiger partial charge in [0, 0.05) is 13.1 Å². The van der Waals surface area contributed by atoms with E-state index in [2.05, 4.69) is 5.32 Å². The molecule has 0 aromatic heterocycles. The second-order valence-corrected chi connectivity index (χ2v) is 12.4. The number of carbonyl (C=O) groups is 2. The van der Waals surface area contributed by atoms with Crippen LogP contribution < -0.4 is 9.62 Å². The van der Waals surface area contributed by atoms with Crippen LogP contribution in [0.5, 0.6) is 0 Å². The lowest BCUT2D eigenvalue weighted by atomic mass is 10.1. The summed E-state index contributed by atoms with van der Waals surface area (Å²) in [6, 6.07) is 16.0. The molecule has 0 spiro atoms. The molecule has 3 aromatic carbocycles. The Hall–Kier alpha value is -3.07. The van der Waals surface area contributed by atoms with Crippen molar-refractivity contribution in [3.05, 3.63) is 93.0 Å². The number of hydrogen-bond acceptors (Lipinski definition) is 4. The highest BCUT2D eigenvalue weighted by Crippen LogP contribution is 2.28. The molecule has 3 aromatic rings. The number of carbonyl (C=O) groups excluding carboxylic acids is 2. The monoisotopic (exact) mass is 603 g/mol. The van der Waals surface area contributed by atoms with E-state index < -0.39 is 28.5 Å². The molecule has 0 radical (unpaired) electrons. The molecule has 0 aliphatic carbocycles. The Bertz CT molecular complexity index is 1460. The number of benzene rings is 3. The van der Waals surface area contributed by atoms with E-state index in [9.17, 15) is 18.0 Å². The van der Waals surface area contributed by atoms with Gasteiger partial charge in [-0.3, -0.25) is 13.9 Å². The Balaban J connectivity index is 2.10. The van der Waals surface area contributed by atoms with Crippen LogP contribution in [0, 0.1) is 20.8 Å². The summed E-state index contributed by atoms with van der Waals surface area (Å²) in [6.07, 6.45) is 0.327. The molecule has 3 rings (SSSR count). The number of anilines is 1. The average molecular weight is 605 g/mol. The fourth-order valence-corrected chi connectivity index (χ4v) is 6.23. The first-order valence-electron chi connectivity index (χ1n) is 13.1. The molecular weight excluding hydrogens is 569 g/mol. The number of halogens is 2. The molecular formula is C30H35Cl2N3O4S. The van der Waals surface area contributed by atoms with Crippen molar-refractivity contribution >= 4 is 50.7 Å². The summed E-state index contributed by atoms with van der Waals surface area (Å²) in [7, 11) is -4.13. The van der Waals surface area contributed by atoms with Crippen molar-refractivity contribution in [3.63, 3.8) is 0 Å². The van der Waals surface area contributed by atoms with Crippen LogP contribution in [-0.4, -0.2) is 44.3 Å². The molecule has 2 amide bonds. The summed E-state index contributed by atoms with van der Waals surface area (Å²) >= 11 is 12.3. The molecule has 10 heteroatoms. The molecule has 1 unspecified atom stereocenters. The Kier molecular flexibility index (Phi) is 10.6. The lowest BCUT2D eigenvalue weighted by Gasteiger charge is -2.33. The summed E-state index contributed by atoms with van der Waals surface area (Å²) < 4.78 is 29.1. The number of nitrogens with one attached hydrogen (secondary N) is 1. The second-order valence-electron chi connectivity index (χ2n) is 9.76. The summed E-state index contributed by atoms with van der Waals surface area (Å²) in [4.78, 5) is 28.6. The SMILES string of the molecule is CCNC(=O)C(CC)N(Cc1ccc(Cl)c(Cl)c1)C(=O)CN(c1cc(C)cc(C)c1)S(=O)(=O)c1ccc(C)cc1. The molecule has 0 heterocycles. The Morgan fingerprint density at radius 2 is 1.48 bits per heavy atom. The summed E-state index contributed by atoms with van der Waals surface area (Å²) in [5.41, 5.74) is 3.64. The minimum absolute atomic E-state index is 0.0383. The number of rotatable bonds is 11. The zero-order valence-electron chi connectivity index (χ0n) is 23.4.